The molecule has 0 aliphatic carbocycles. The Morgan fingerprint density at radius 2 is 1.76 bits per heavy atom. The molecule has 104 valence electrons. The molecule has 3 aromatic rings. The molecule has 0 unspecified atom stereocenters. The van der Waals surface area contributed by atoms with Crippen LogP contribution in [0.25, 0.3) is 10.9 Å². The lowest BCUT2D eigenvalue weighted by Crippen LogP contribution is -2.38. The number of carbonyl (C=O) groups excluding carboxylic acids is 1. The van der Waals surface area contributed by atoms with Crippen LogP contribution in [0.15, 0.2) is 54.7 Å². The van der Waals surface area contributed by atoms with E-state index in [9.17, 15) is 4.79 Å². The summed E-state index contributed by atoms with van der Waals surface area (Å²) in [6, 6.07) is 15.8. The van der Waals surface area contributed by atoms with Crippen LogP contribution in [0.5, 0.6) is 0 Å². The van der Waals surface area contributed by atoms with E-state index in [0.717, 1.165) is 22.2 Å². The number of anilines is 1. The van der Waals surface area contributed by atoms with Crippen LogP contribution >= 0.6 is 0 Å². The molecule has 2 aromatic carbocycles. The molecule has 4 nitrogen and oxygen atoms in total. The van der Waals surface area contributed by atoms with Crippen LogP contribution in [0, 0.1) is 0 Å². The number of aryl methyl sites for hydroxylation is 1. The number of amides is 1. The molecule has 0 saturated carbocycles. The van der Waals surface area contributed by atoms with Crippen LogP contribution in [0.4, 0.5) is 5.69 Å². The number of hydrogen-bond donors (Lipinski definition) is 2. The van der Waals surface area contributed by atoms with E-state index in [2.05, 4.69) is 33.5 Å². The van der Waals surface area contributed by atoms with Gasteiger partial charge in [0.05, 0.1) is 5.56 Å². The maximum atomic E-state index is 12.3. The van der Waals surface area contributed by atoms with Gasteiger partial charge in [-0.05, 0) is 18.2 Å². The zero-order valence-corrected chi connectivity index (χ0v) is 11.6. The van der Waals surface area contributed by atoms with Crippen LogP contribution < -0.4 is 10.6 Å². The first-order valence-electron chi connectivity index (χ1n) is 6.94. The minimum atomic E-state index is -0.210. The third-order valence-corrected chi connectivity index (χ3v) is 3.99. The largest absolute Gasteiger partial charge is 0.361 e. The van der Waals surface area contributed by atoms with Gasteiger partial charge < -0.3 is 15.2 Å². The van der Waals surface area contributed by atoms with Crippen LogP contribution in [0.2, 0.25) is 0 Å². The van der Waals surface area contributed by atoms with Crippen molar-refractivity contribution in [2.45, 2.75) is 6.17 Å². The molecule has 4 rings (SSSR count). The van der Waals surface area contributed by atoms with Gasteiger partial charge in [0.25, 0.3) is 5.91 Å². The number of carbonyl (C=O) groups is 1. The number of para-hydroxylation sites is 2. The van der Waals surface area contributed by atoms with Gasteiger partial charge in [0.1, 0.15) is 6.17 Å². The Balaban J connectivity index is 1.83. The topological polar surface area (TPSA) is 46.1 Å². The SMILES string of the molecule is Cn1cc([C@H]2NC(=O)c3ccccc3N2)c2ccccc21. The quantitative estimate of drug-likeness (QED) is 0.718. The predicted molar refractivity (Wildman–Crippen MR) is 83.2 cm³/mol. The van der Waals surface area contributed by atoms with E-state index in [1.165, 1.54) is 0 Å². The molecular formula is C17H15N3O. The summed E-state index contributed by atoms with van der Waals surface area (Å²) in [6.07, 6.45) is 1.86. The standard InChI is InChI=1S/C17H15N3O/c1-20-10-13(11-6-3-5-9-15(11)20)16-18-14-8-4-2-7-12(14)17(21)19-16/h2-10,16,18H,1H3,(H,19,21)/t16-/m1/s1. The lowest BCUT2D eigenvalue weighted by atomic mass is 10.1. The lowest BCUT2D eigenvalue weighted by Gasteiger charge is -2.27. The Morgan fingerprint density at radius 3 is 2.67 bits per heavy atom. The minimum absolute atomic E-state index is 0.0396. The molecule has 0 fully saturated rings. The Bertz CT molecular complexity index is 850. The molecular weight excluding hydrogens is 262 g/mol. The Labute approximate surface area is 122 Å². The highest BCUT2D eigenvalue weighted by atomic mass is 16.2. The van der Waals surface area contributed by atoms with Crippen molar-refractivity contribution < 1.29 is 4.79 Å². The molecule has 21 heavy (non-hydrogen) atoms. The molecule has 1 aromatic heterocycles. The Kier molecular flexibility index (Phi) is 2.51. The highest BCUT2D eigenvalue weighted by Gasteiger charge is 2.26. The fourth-order valence-electron chi connectivity index (χ4n) is 2.97. The first-order valence-corrected chi connectivity index (χ1v) is 6.94. The average Bonchev–Trinajstić information content (AvgIpc) is 2.85. The second-order valence-corrected chi connectivity index (χ2v) is 5.31. The predicted octanol–water partition coefficient (Wildman–Crippen LogP) is 3.03. The second-order valence-electron chi connectivity index (χ2n) is 5.31. The van der Waals surface area contributed by atoms with Gasteiger partial charge in [0.15, 0.2) is 0 Å². The number of aromatic nitrogens is 1. The lowest BCUT2D eigenvalue weighted by molar-refractivity contribution is 0.0936. The summed E-state index contributed by atoms with van der Waals surface area (Å²) in [7, 11) is 2.02. The molecule has 1 amide bonds. The summed E-state index contributed by atoms with van der Waals surface area (Å²) in [5, 5.41) is 7.58. The van der Waals surface area contributed by atoms with Crippen molar-refractivity contribution in [3.8, 4) is 0 Å². The van der Waals surface area contributed by atoms with Gasteiger partial charge in [-0.25, -0.2) is 0 Å². The molecule has 2 N–H and O–H groups in total. The van der Waals surface area contributed by atoms with Crippen molar-refractivity contribution >= 4 is 22.5 Å². The summed E-state index contributed by atoms with van der Waals surface area (Å²) in [4.78, 5) is 12.3. The maximum Gasteiger partial charge on any atom is 0.255 e. The van der Waals surface area contributed by atoms with Crippen LogP contribution in [0.1, 0.15) is 22.1 Å². The first-order chi connectivity index (χ1) is 10.2. The van der Waals surface area contributed by atoms with Crippen molar-refractivity contribution in [3.05, 3.63) is 65.9 Å². The molecule has 2 heterocycles. The summed E-state index contributed by atoms with van der Waals surface area (Å²) in [5.74, 6) is -0.0396. The van der Waals surface area contributed by atoms with Gasteiger partial charge in [-0.3, -0.25) is 4.79 Å². The number of fused-ring (bicyclic) bond motifs is 2. The third-order valence-electron chi connectivity index (χ3n) is 3.99. The molecule has 1 aliphatic heterocycles. The van der Waals surface area contributed by atoms with Gasteiger partial charge >= 0.3 is 0 Å². The monoisotopic (exact) mass is 277 g/mol. The van der Waals surface area contributed by atoms with Crippen molar-refractivity contribution in [1.82, 2.24) is 9.88 Å². The number of rotatable bonds is 1. The average molecular weight is 277 g/mol. The van der Waals surface area contributed by atoms with E-state index in [0.29, 0.717) is 5.56 Å². The number of nitrogens with one attached hydrogen (secondary N) is 2. The van der Waals surface area contributed by atoms with Crippen LogP contribution in [0.3, 0.4) is 0 Å². The van der Waals surface area contributed by atoms with Gasteiger partial charge in [-0.1, -0.05) is 30.3 Å². The summed E-state index contributed by atoms with van der Waals surface area (Å²) < 4.78 is 2.08. The van der Waals surface area contributed by atoms with E-state index in [1.54, 1.807) is 0 Å². The Hall–Kier alpha value is -2.75. The van der Waals surface area contributed by atoms with Crippen molar-refractivity contribution in [1.29, 1.82) is 0 Å². The zero-order valence-electron chi connectivity index (χ0n) is 11.6. The van der Waals surface area contributed by atoms with E-state index < -0.39 is 0 Å². The summed E-state index contributed by atoms with van der Waals surface area (Å²) in [6.45, 7) is 0. The fraction of sp³-hybridized carbons (Fsp3) is 0.118. The van der Waals surface area contributed by atoms with Crippen LogP contribution in [-0.2, 0) is 7.05 Å². The number of nitrogens with zero attached hydrogens (tertiary/aromatic N) is 1. The molecule has 1 atom stereocenters. The second kappa shape index (κ2) is 4.38. The normalized spacial score (nSPS) is 17.2. The van der Waals surface area contributed by atoms with Crippen LogP contribution in [-0.4, -0.2) is 10.5 Å². The van der Waals surface area contributed by atoms with E-state index in [1.807, 2.05) is 43.4 Å². The summed E-state index contributed by atoms with van der Waals surface area (Å²) >= 11 is 0. The highest BCUT2D eigenvalue weighted by molar-refractivity contribution is 6.02. The minimum Gasteiger partial charge on any atom is -0.361 e. The zero-order chi connectivity index (χ0) is 14.4. The van der Waals surface area contributed by atoms with E-state index >= 15 is 0 Å². The molecule has 1 aliphatic rings. The first kappa shape index (κ1) is 12.0. The van der Waals surface area contributed by atoms with E-state index in [-0.39, 0.29) is 12.1 Å². The molecule has 0 radical (unpaired) electrons. The summed E-state index contributed by atoms with van der Waals surface area (Å²) in [5.41, 5.74) is 3.80. The van der Waals surface area contributed by atoms with Crippen molar-refractivity contribution in [2.75, 3.05) is 5.32 Å². The van der Waals surface area contributed by atoms with Gasteiger partial charge in [0, 0.05) is 35.4 Å². The van der Waals surface area contributed by atoms with Crippen molar-refractivity contribution in [3.63, 3.8) is 0 Å². The Morgan fingerprint density at radius 1 is 1.00 bits per heavy atom. The van der Waals surface area contributed by atoms with Gasteiger partial charge in [-0.15, -0.1) is 0 Å². The van der Waals surface area contributed by atoms with Crippen molar-refractivity contribution in [2.24, 2.45) is 7.05 Å². The third kappa shape index (κ3) is 1.80. The highest BCUT2D eigenvalue weighted by Crippen LogP contribution is 2.31. The molecule has 0 bridgehead atoms. The fourth-order valence-corrected chi connectivity index (χ4v) is 2.97. The number of benzene rings is 2. The molecule has 4 heteroatoms. The smallest absolute Gasteiger partial charge is 0.255 e. The molecule has 0 saturated heterocycles. The molecule has 0 spiro atoms. The van der Waals surface area contributed by atoms with Gasteiger partial charge in [-0.2, -0.15) is 0 Å². The van der Waals surface area contributed by atoms with Gasteiger partial charge in [0.2, 0.25) is 0 Å². The number of hydrogen-bond acceptors (Lipinski definition) is 2. The van der Waals surface area contributed by atoms with E-state index in [4.69, 9.17) is 0 Å². The maximum absolute atomic E-state index is 12.3.